The van der Waals surface area contributed by atoms with Crippen LogP contribution in [0.1, 0.15) is 82.6 Å². The van der Waals surface area contributed by atoms with Crippen LogP contribution in [0.2, 0.25) is 0 Å². The summed E-state index contributed by atoms with van der Waals surface area (Å²) in [4.78, 5) is 24.6. The van der Waals surface area contributed by atoms with Crippen LogP contribution in [0.25, 0.3) is 0 Å². The highest BCUT2D eigenvalue weighted by Crippen LogP contribution is 2.41. The number of hydrogen-bond donors (Lipinski definition) is 1. The molecule has 0 saturated heterocycles. The average molecular weight is 370 g/mol. The molecule has 2 aliphatic carbocycles. The van der Waals surface area contributed by atoms with Gasteiger partial charge in [-0.1, -0.05) is 68.9 Å². The number of hydrogen-bond acceptors (Lipinski definition) is 2. The van der Waals surface area contributed by atoms with E-state index in [9.17, 15) is 9.59 Å². The summed E-state index contributed by atoms with van der Waals surface area (Å²) in [6.07, 6.45) is 13.2. The summed E-state index contributed by atoms with van der Waals surface area (Å²) in [6.45, 7) is 0.587. The maximum Gasteiger partial charge on any atom is 0.220 e. The first-order chi connectivity index (χ1) is 13.2. The molecule has 2 aliphatic rings. The Hall–Kier alpha value is -1.64. The van der Waals surface area contributed by atoms with E-state index < -0.39 is 0 Å². The van der Waals surface area contributed by atoms with Crippen LogP contribution in [-0.4, -0.2) is 11.7 Å². The molecule has 0 spiro atoms. The molecule has 0 heterocycles. The van der Waals surface area contributed by atoms with Gasteiger partial charge >= 0.3 is 0 Å². The van der Waals surface area contributed by atoms with E-state index >= 15 is 0 Å². The predicted molar refractivity (Wildman–Crippen MR) is 109 cm³/mol. The van der Waals surface area contributed by atoms with Gasteiger partial charge in [-0.05, 0) is 43.1 Å². The molecule has 3 heteroatoms. The lowest BCUT2D eigenvalue weighted by Gasteiger charge is -2.30. The fourth-order valence-electron chi connectivity index (χ4n) is 5.05. The van der Waals surface area contributed by atoms with Crippen molar-refractivity contribution in [1.29, 1.82) is 0 Å². The Bertz CT molecular complexity index is 598. The lowest BCUT2D eigenvalue weighted by atomic mass is 9.75. The molecule has 1 aromatic carbocycles. The monoisotopic (exact) mass is 369 g/mol. The molecule has 27 heavy (non-hydrogen) atoms. The number of carbonyl (C=O) groups is 2. The van der Waals surface area contributed by atoms with Gasteiger partial charge in [0, 0.05) is 25.3 Å². The van der Waals surface area contributed by atoms with Gasteiger partial charge in [-0.2, -0.15) is 0 Å². The highest BCUT2D eigenvalue weighted by atomic mass is 16.1. The summed E-state index contributed by atoms with van der Waals surface area (Å²) in [5.74, 6) is 2.55. The van der Waals surface area contributed by atoms with Crippen molar-refractivity contribution in [3.63, 3.8) is 0 Å². The van der Waals surface area contributed by atoms with Crippen LogP contribution in [0.15, 0.2) is 30.3 Å². The SMILES string of the molecule is O=C(CCCCC(=O)C1CCCC2CCCCC2C1)NCc1ccccc1. The summed E-state index contributed by atoms with van der Waals surface area (Å²) in [5.41, 5.74) is 1.12. The molecule has 1 N–H and O–H groups in total. The summed E-state index contributed by atoms with van der Waals surface area (Å²) >= 11 is 0. The number of Topliss-reactive ketones (excluding diaryl/α,β-unsaturated/α-hetero) is 1. The first-order valence-corrected chi connectivity index (χ1v) is 11.1. The number of benzene rings is 1. The van der Waals surface area contributed by atoms with E-state index in [0.717, 1.165) is 43.1 Å². The predicted octanol–water partition coefficient (Wildman–Crippen LogP) is 5.43. The molecule has 148 valence electrons. The molecule has 0 aromatic heterocycles. The maximum absolute atomic E-state index is 12.7. The second-order valence-electron chi connectivity index (χ2n) is 8.60. The van der Waals surface area contributed by atoms with E-state index in [1.807, 2.05) is 30.3 Å². The van der Waals surface area contributed by atoms with Gasteiger partial charge in [0.25, 0.3) is 0 Å². The van der Waals surface area contributed by atoms with Crippen LogP contribution < -0.4 is 5.32 Å². The van der Waals surface area contributed by atoms with Crippen molar-refractivity contribution in [2.75, 3.05) is 0 Å². The van der Waals surface area contributed by atoms with Crippen LogP contribution in [0.5, 0.6) is 0 Å². The number of rotatable bonds is 8. The lowest BCUT2D eigenvalue weighted by molar-refractivity contribution is -0.124. The number of unbranched alkanes of at least 4 members (excludes halogenated alkanes) is 1. The molecule has 2 saturated carbocycles. The van der Waals surface area contributed by atoms with E-state index in [1.165, 1.54) is 38.5 Å². The molecule has 3 unspecified atom stereocenters. The van der Waals surface area contributed by atoms with Crippen molar-refractivity contribution in [2.24, 2.45) is 17.8 Å². The van der Waals surface area contributed by atoms with Gasteiger partial charge in [0.05, 0.1) is 0 Å². The Morgan fingerprint density at radius 3 is 2.37 bits per heavy atom. The largest absolute Gasteiger partial charge is 0.352 e. The van der Waals surface area contributed by atoms with Crippen LogP contribution in [0.4, 0.5) is 0 Å². The Kier molecular flexibility index (Phi) is 7.92. The van der Waals surface area contributed by atoms with Crippen LogP contribution in [0, 0.1) is 17.8 Å². The third-order valence-corrected chi connectivity index (χ3v) is 6.65. The van der Waals surface area contributed by atoms with Gasteiger partial charge in [-0.15, -0.1) is 0 Å². The number of carbonyl (C=O) groups excluding carboxylic acids is 2. The zero-order valence-electron chi connectivity index (χ0n) is 16.6. The number of fused-ring (bicyclic) bond motifs is 1. The second kappa shape index (κ2) is 10.6. The zero-order chi connectivity index (χ0) is 18.9. The van der Waals surface area contributed by atoms with Crippen molar-refractivity contribution in [1.82, 2.24) is 5.32 Å². The topological polar surface area (TPSA) is 46.2 Å². The quantitative estimate of drug-likeness (QED) is 0.621. The average Bonchev–Trinajstić information content (AvgIpc) is 2.93. The first-order valence-electron chi connectivity index (χ1n) is 11.1. The summed E-state index contributed by atoms with van der Waals surface area (Å²) in [5, 5.41) is 2.97. The molecule has 0 aliphatic heterocycles. The van der Waals surface area contributed by atoms with Gasteiger partial charge in [0.1, 0.15) is 5.78 Å². The third kappa shape index (κ3) is 6.48. The van der Waals surface area contributed by atoms with E-state index in [0.29, 0.717) is 31.1 Å². The molecular weight excluding hydrogens is 334 g/mol. The van der Waals surface area contributed by atoms with Crippen LogP contribution in [0.3, 0.4) is 0 Å². The molecular formula is C24H35NO2. The van der Waals surface area contributed by atoms with Gasteiger partial charge in [0.15, 0.2) is 0 Å². The second-order valence-corrected chi connectivity index (χ2v) is 8.60. The zero-order valence-corrected chi connectivity index (χ0v) is 16.6. The minimum absolute atomic E-state index is 0.0887. The lowest BCUT2D eigenvalue weighted by Crippen LogP contribution is -2.23. The third-order valence-electron chi connectivity index (χ3n) is 6.65. The van der Waals surface area contributed by atoms with E-state index in [1.54, 1.807) is 0 Å². The van der Waals surface area contributed by atoms with Gasteiger partial charge in [-0.3, -0.25) is 9.59 Å². The molecule has 2 fully saturated rings. The normalized spacial score (nSPS) is 25.3. The molecule has 3 nitrogen and oxygen atoms in total. The van der Waals surface area contributed by atoms with Crippen molar-refractivity contribution in [3.05, 3.63) is 35.9 Å². The Morgan fingerprint density at radius 2 is 1.56 bits per heavy atom. The smallest absolute Gasteiger partial charge is 0.220 e. The number of ketones is 1. The molecule has 3 rings (SSSR count). The van der Waals surface area contributed by atoms with E-state index in [2.05, 4.69) is 5.32 Å². The minimum atomic E-state index is 0.0887. The number of nitrogens with one attached hydrogen (secondary N) is 1. The maximum atomic E-state index is 12.7. The molecule has 1 aromatic rings. The standard InChI is InChI=1S/C24H35NO2/c26-23(22-14-8-13-20-11-4-5-12-21(20)17-22)15-6-7-16-24(27)25-18-19-9-2-1-3-10-19/h1-3,9-10,20-22H,4-8,11-18H2,(H,25,27). The Balaban J connectivity index is 1.31. The summed E-state index contributed by atoms with van der Waals surface area (Å²) < 4.78 is 0. The van der Waals surface area contributed by atoms with E-state index in [4.69, 9.17) is 0 Å². The van der Waals surface area contributed by atoms with Crippen molar-refractivity contribution in [3.8, 4) is 0 Å². The highest BCUT2D eigenvalue weighted by Gasteiger charge is 2.32. The number of amides is 1. The van der Waals surface area contributed by atoms with Crippen LogP contribution >= 0.6 is 0 Å². The first kappa shape index (κ1) is 20.1. The molecule has 3 atom stereocenters. The fourth-order valence-corrected chi connectivity index (χ4v) is 5.05. The fraction of sp³-hybridized carbons (Fsp3) is 0.667. The molecule has 1 amide bonds. The Labute approximate surface area is 164 Å². The van der Waals surface area contributed by atoms with Gasteiger partial charge in [-0.25, -0.2) is 0 Å². The minimum Gasteiger partial charge on any atom is -0.352 e. The molecule has 0 radical (unpaired) electrons. The van der Waals surface area contributed by atoms with Crippen molar-refractivity contribution in [2.45, 2.75) is 83.6 Å². The van der Waals surface area contributed by atoms with Crippen LogP contribution in [-0.2, 0) is 16.1 Å². The summed E-state index contributed by atoms with van der Waals surface area (Å²) in [6, 6.07) is 9.97. The van der Waals surface area contributed by atoms with E-state index in [-0.39, 0.29) is 5.91 Å². The van der Waals surface area contributed by atoms with Gasteiger partial charge in [0.2, 0.25) is 5.91 Å². The van der Waals surface area contributed by atoms with Crippen molar-refractivity contribution < 1.29 is 9.59 Å². The highest BCUT2D eigenvalue weighted by molar-refractivity contribution is 5.81. The summed E-state index contributed by atoms with van der Waals surface area (Å²) in [7, 11) is 0. The van der Waals surface area contributed by atoms with Gasteiger partial charge < -0.3 is 5.32 Å². The Morgan fingerprint density at radius 1 is 0.852 bits per heavy atom. The van der Waals surface area contributed by atoms with Crippen molar-refractivity contribution >= 4 is 11.7 Å². The molecule has 0 bridgehead atoms.